The Hall–Kier alpha value is -2.13. The van der Waals surface area contributed by atoms with Crippen LogP contribution in [0.1, 0.15) is 5.56 Å². The highest BCUT2D eigenvalue weighted by atomic mass is 32.2. The highest BCUT2D eigenvalue weighted by molar-refractivity contribution is 7.90. The number of carbonyl (C=O) groups excluding carboxylic acids is 1. The predicted molar refractivity (Wildman–Crippen MR) is 56.7 cm³/mol. The second-order valence-corrected chi connectivity index (χ2v) is 4.50. The molecule has 5 nitrogen and oxygen atoms in total. The van der Waals surface area contributed by atoms with Gasteiger partial charge in [0.25, 0.3) is 15.9 Å². The molecule has 0 saturated carbocycles. The normalized spacial score (nSPS) is 10.2. The summed E-state index contributed by atoms with van der Waals surface area (Å²) in [6.07, 6.45) is 0.853. The molecule has 0 saturated heterocycles. The molecule has 82 valence electrons. The van der Waals surface area contributed by atoms with Crippen molar-refractivity contribution in [2.75, 3.05) is 0 Å². The van der Waals surface area contributed by atoms with E-state index in [0.717, 1.165) is 6.08 Å². The first-order valence-corrected chi connectivity index (χ1v) is 5.67. The van der Waals surface area contributed by atoms with Gasteiger partial charge < -0.3 is 0 Å². The molecular weight excluding hydrogens is 228 g/mol. The van der Waals surface area contributed by atoms with Gasteiger partial charge in [0.05, 0.1) is 16.5 Å². The van der Waals surface area contributed by atoms with E-state index in [0.29, 0.717) is 0 Å². The lowest BCUT2D eigenvalue weighted by Gasteiger charge is -2.04. The molecule has 0 aliphatic heterocycles. The van der Waals surface area contributed by atoms with Crippen LogP contribution in [-0.2, 0) is 14.8 Å². The molecule has 0 radical (unpaired) electrons. The number of carbonyl (C=O) groups is 1. The van der Waals surface area contributed by atoms with Gasteiger partial charge in [0.15, 0.2) is 0 Å². The number of hydrogen-bond donors (Lipinski definition) is 1. The second-order valence-electron chi connectivity index (χ2n) is 2.81. The van der Waals surface area contributed by atoms with Crippen molar-refractivity contribution in [2.24, 2.45) is 0 Å². The summed E-state index contributed by atoms with van der Waals surface area (Å²) in [5, 5.41) is 8.61. The lowest BCUT2D eigenvalue weighted by molar-refractivity contribution is -0.114. The van der Waals surface area contributed by atoms with Crippen LogP contribution in [0, 0.1) is 11.3 Å². The molecule has 1 aromatic rings. The Labute approximate surface area is 93.1 Å². The van der Waals surface area contributed by atoms with E-state index in [1.165, 1.54) is 24.3 Å². The van der Waals surface area contributed by atoms with E-state index in [1.807, 2.05) is 6.07 Å². The summed E-state index contributed by atoms with van der Waals surface area (Å²) in [4.78, 5) is 10.7. The molecule has 0 aromatic heterocycles. The van der Waals surface area contributed by atoms with Crippen LogP contribution in [0.15, 0.2) is 41.8 Å². The fraction of sp³-hybridized carbons (Fsp3) is 0. The first-order chi connectivity index (χ1) is 7.49. The van der Waals surface area contributed by atoms with E-state index in [1.54, 1.807) is 4.72 Å². The number of amides is 1. The van der Waals surface area contributed by atoms with Gasteiger partial charge >= 0.3 is 0 Å². The van der Waals surface area contributed by atoms with E-state index in [2.05, 4.69) is 6.58 Å². The van der Waals surface area contributed by atoms with Crippen molar-refractivity contribution in [3.05, 3.63) is 42.5 Å². The molecule has 0 fully saturated rings. The third-order valence-corrected chi connectivity index (χ3v) is 3.04. The number of rotatable bonds is 3. The molecule has 0 aliphatic carbocycles. The minimum absolute atomic E-state index is 0.137. The SMILES string of the molecule is C=CC(=O)NS(=O)(=O)c1cccc(C#N)c1. The summed E-state index contributed by atoms with van der Waals surface area (Å²) < 4.78 is 24.9. The summed E-state index contributed by atoms with van der Waals surface area (Å²) in [5.41, 5.74) is 0.203. The largest absolute Gasteiger partial charge is 0.269 e. The lowest BCUT2D eigenvalue weighted by Crippen LogP contribution is -2.28. The topological polar surface area (TPSA) is 87.0 Å². The van der Waals surface area contributed by atoms with Crippen molar-refractivity contribution >= 4 is 15.9 Å². The standard InChI is InChI=1S/C10H8N2O3S/c1-2-10(13)12-16(14,15)9-5-3-4-8(6-9)7-11/h2-6H,1H2,(H,12,13). The van der Waals surface area contributed by atoms with E-state index < -0.39 is 15.9 Å². The minimum Gasteiger partial charge on any atom is -0.269 e. The third-order valence-electron chi connectivity index (χ3n) is 1.69. The van der Waals surface area contributed by atoms with Crippen molar-refractivity contribution in [3.63, 3.8) is 0 Å². The molecule has 0 unspecified atom stereocenters. The molecule has 16 heavy (non-hydrogen) atoms. The van der Waals surface area contributed by atoms with Crippen LogP contribution in [0.2, 0.25) is 0 Å². The van der Waals surface area contributed by atoms with Crippen LogP contribution in [-0.4, -0.2) is 14.3 Å². The van der Waals surface area contributed by atoms with Gasteiger partial charge in [-0.2, -0.15) is 5.26 Å². The Morgan fingerprint density at radius 3 is 2.75 bits per heavy atom. The van der Waals surface area contributed by atoms with Gasteiger partial charge in [-0.1, -0.05) is 12.6 Å². The number of nitriles is 1. The minimum atomic E-state index is -3.93. The lowest BCUT2D eigenvalue weighted by atomic mass is 10.2. The zero-order valence-corrected chi connectivity index (χ0v) is 8.99. The fourth-order valence-corrected chi connectivity index (χ4v) is 1.97. The van der Waals surface area contributed by atoms with Crippen LogP contribution in [0.5, 0.6) is 0 Å². The van der Waals surface area contributed by atoms with Crippen LogP contribution in [0.25, 0.3) is 0 Å². The first-order valence-electron chi connectivity index (χ1n) is 4.19. The highest BCUT2D eigenvalue weighted by Gasteiger charge is 2.15. The Kier molecular flexibility index (Phi) is 3.43. The van der Waals surface area contributed by atoms with E-state index in [4.69, 9.17) is 5.26 Å². The maximum atomic E-state index is 11.6. The Bertz CT molecular complexity index is 570. The Morgan fingerprint density at radius 1 is 1.50 bits per heavy atom. The number of hydrogen-bond acceptors (Lipinski definition) is 4. The van der Waals surface area contributed by atoms with Crippen LogP contribution >= 0.6 is 0 Å². The third kappa shape index (κ3) is 2.68. The maximum Gasteiger partial charge on any atom is 0.264 e. The maximum absolute atomic E-state index is 11.6. The van der Waals surface area contributed by atoms with Gasteiger partial charge in [0.2, 0.25) is 0 Å². The van der Waals surface area contributed by atoms with Gasteiger partial charge in [-0.15, -0.1) is 0 Å². The van der Waals surface area contributed by atoms with Crippen molar-refractivity contribution in [1.82, 2.24) is 4.72 Å². The molecule has 1 amide bonds. The van der Waals surface area contributed by atoms with Crippen molar-refractivity contribution in [2.45, 2.75) is 4.90 Å². The number of nitrogens with zero attached hydrogens (tertiary/aromatic N) is 1. The molecule has 1 N–H and O–H groups in total. The van der Waals surface area contributed by atoms with E-state index >= 15 is 0 Å². The molecule has 0 atom stereocenters. The zero-order valence-electron chi connectivity index (χ0n) is 8.17. The summed E-state index contributed by atoms with van der Waals surface area (Å²) in [6, 6.07) is 7.17. The quantitative estimate of drug-likeness (QED) is 0.776. The summed E-state index contributed by atoms with van der Waals surface area (Å²) >= 11 is 0. The van der Waals surface area contributed by atoms with Gasteiger partial charge in [-0.05, 0) is 24.3 Å². The Morgan fingerprint density at radius 2 is 2.19 bits per heavy atom. The fourth-order valence-electron chi connectivity index (χ4n) is 0.966. The van der Waals surface area contributed by atoms with Crippen molar-refractivity contribution in [1.29, 1.82) is 5.26 Å². The highest BCUT2D eigenvalue weighted by Crippen LogP contribution is 2.10. The van der Waals surface area contributed by atoms with Crippen LogP contribution in [0.3, 0.4) is 0 Å². The summed E-state index contributed by atoms with van der Waals surface area (Å²) in [6.45, 7) is 3.14. The van der Waals surface area contributed by atoms with Gasteiger partial charge in [0.1, 0.15) is 0 Å². The van der Waals surface area contributed by atoms with E-state index in [9.17, 15) is 13.2 Å². The van der Waals surface area contributed by atoms with Gasteiger partial charge in [-0.3, -0.25) is 4.79 Å². The van der Waals surface area contributed by atoms with Crippen molar-refractivity contribution in [3.8, 4) is 6.07 Å². The average Bonchev–Trinajstić information content (AvgIpc) is 2.28. The summed E-state index contributed by atoms with van der Waals surface area (Å²) in [7, 11) is -3.93. The molecule has 0 heterocycles. The number of nitrogens with one attached hydrogen (secondary N) is 1. The molecule has 6 heteroatoms. The first kappa shape index (κ1) is 11.9. The molecule has 1 aromatic carbocycles. The smallest absolute Gasteiger partial charge is 0.264 e. The van der Waals surface area contributed by atoms with Crippen LogP contribution < -0.4 is 4.72 Å². The van der Waals surface area contributed by atoms with Crippen LogP contribution in [0.4, 0.5) is 0 Å². The van der Waals surface area contributed by atoms with E-state index in [-0.39, 0.29) is 10.5 Å². The Balaban J connectivity index is 3.13. The molecule has 1 rings (SSSR count). The van der Waals surface area contributed by atoms with Crippen molar-refractivity contribution < 1.29 is 13.2 Å². The van der Waals surface area contributed by atoms with Gasteiger partial charge in [-0.25, -0.2) is 13.1 Å². The molecular formula is C10H8N2O3S. The zero-order chi connectivity index (χ0) is 12.2. The second kappa shape index (κ2) is 4.59. The van der Waals surface area contributed by atoms with Gasteiger partial charge in [0, 0.05) is 0 Å². The average molecular weight is 236 g/mol. The monoisotopic (exact) mass is 236 g/mol. The number of sulfonamides is 1. The molecule has 0 bridgehead atoms. The molecule has 0 aliphatic rings. The predicted octanol–water partition coefficient (Wildman–Crippen LogP) is 0.549. The molecule has 0 spiro atoms. The number of benzene rings is 1. The summed E-state index contributed by atoms with van der Waals surface area (Å²) in [5.74, 6) is -0.817.